The zero-order valence-electron chi connectivity index (χ0n) is 10.2. The van der Waals surface area contributed by atoms with Crippen LogP contribution in [-0.4, -0.2) is 29.5 Å². The molecule has 0 saturated heterocycles. The minimum Gasteiger partial charge on any atom is -0.294 e. The Kier molecular flexibility index (Phi) is 3.81. The highest BCUT2D eigenvalue weighted by Crippen LogP contribution is 2.33. The number of nitriles is 1. The maximum atomic E-state index is 11.0. The van der Waals surface area contributed by atoms with Gasteiger partial charge in [-0.3, -0.25) is 15.0 Å². The summed E-state index contributed by atoms with van der Waals surface area (Å²) < 4.78 is 0. The Bertz CT molecular complexity index is 455. The topological polar surface area (TPSA) is 70.2 Å². The molecule has 1 unspecified atom stereocenters. The average Bonchev–Trinajstić information content (AvgIpc) is 2.25. The number of likely N-dealkylation sites (N-methyl/N-ethyl adjacent to an activating group) is 1. The largest absolute Gasteiger partial charge is 0.294 e. The number of nitrogens with zero attached hydrogens (tertiary/aromatic N) is 3. The molecule has 0 amide bonds. The molecule has 0 spiro atoms. The van der Waals surface area contributed by atoms with Crippen molar-refractivity contribution < 1.29 is 4.92 Å². The Hall–Kier alpha value is -1.93. The second-order valence-electron chi connectivity index (χ2n) is 4.36. The van der Waals surface area contributed by atoms with Crippen molar-refractivity contribution >= 4 is 0 Å². The lowest BCUT2D eigenvalue weighted by molar-refractivity contribution is -0.439. The first-order chi connectivity index (χ1) is 7.91. The SMILES string of the molecule is CN(C)C1(C)CC(C=CC#N)=CC=C1[N+](=O)[O-]. The molecule has 0 fully saturated rings. The molecule has 0 aromatic heterocycles. The van der Waals surface area contributed by atoms with Gasteiger partial charge in [0.05, 0.1) is 11.0 Å². The molecule has 5 nitrogen and oxygen atoms in total. The Morgan fingerprint density at radius 1 is 1.59 bits per heavy atom. The molecule has 0 aliphatic heterocycles. The average molecular weight is 233 g/mol. The summed E-state index contributed by atoms with van der Waals surface area (Å²) >= 11 is 0. The van der Waals surface area contributed by atoms with Gasteiger partial charge in [-0.25, -0.2) is 0 Å². The van der Waals surface area contributed by atoms with Crippen molar-refractivity contribution in [3.63, 3.8) is 0 Å². The first kappa shape index (κ1) is 13.1. The molecule has 0 radical (unpaired) electrons. The number of allylic oxidation sites excluding steroid dienone is 4. The van der Waals surface area contributed by atoms with Gasteiger partial charge in [-0.15, -0.1) is 0 Å². The molecule has 0 aromatic rings. The summed E-state index contributed by atoms with van der Waals surface area (Å²) in [6.45, 7) is 1.83. The quantitative estimate of drug-likeness (QED) is 0.424. The molecule has 0 heterocycles. The van der Waals surface area contributed by atoms with Crippen molar-refractivity contribution in [3.05, 3.63) is 45.7 Å². The summed E-state index contributed by atoms with van der Waals surface area (Å²) in [6.07, 6.45) is 6.80. The van der Waals surface area contributed by atoms with Crippen molar-refractivity contribution in [2.75, 3.05) is 14.1 Å². The van der Waals surface area contributed by atoms with E-state index in [-0.39, 0.29) is 10.6 Å². The first-order valence-electron chi connectivity index (χ1n) is 5.21. The molecule has 0 aromatic carbocycles. The van der Waals surface area contributed by atoms with Crippen LogP contribution in [-0.2, 0) is 0 Å². The van der Waals surface area contributed by atoms with Crippen LogP contribution in [0.3, 0.4) is 0 Å². The summed E-state index contributed by atoms with van der Waals surface area (Å²) in [5, 5.41) is 19.5. The van der Waals surface area contributed by atoms with Gasteiger partial charge in [-0.05, 0) is 32.7 Å². The molecular weight excluding hydrogens is 218 g/mol. The molecule has 1 rings (SSSR count). The summed E-state index contributed by atoms with van der Waals surface area (Å²) in [7, 11) is 3.63. The molecule has 5 heteroatoms. The second kappa shape index (κ2) is 4.93. The number of rotatable bonds is 3. The van der Waals surface area contributed by atoms with Crippen molar-refractivity contribution in [1.82, 2.24) is 4.90 Å². The minimum absolute atomic E-state index is 0.177. The standard InChI is InChI=1S/C12H15N3O2/c1-12(14(2)3)9-10(5-4-8-13)6-7-11(12)15(16)17/h4-7H,9H2,1-3H3. The van der Waals surface area contributed by atoms with Gasteiger partial charge in [0.25, 0.3) is 5.70 Å². The van der Waals surface area contributed by atoms with E-state index in [0.29, 0.717) is 6.42 Å². The van der Waals surface area contributed by atoms with Crippen molar-refractivity contribution in [2.24, 2.45) is 0 Å². The van der Waals surface area contributed by atoms with Gasteiger partial charge in [0.1, 0.15) is 5.54 Å². The predicted octanol–water partition coefficient (Wildman–Crippen LogP) is 1.88. The van der Waals surface area contributed by atoms with E-state index in [1.54, 1.807) is 12.2 Å². The number of hydrogen-bond donors (Lipinski definition) is 0. The minimum atomic E-state index is -0.645. The molecule has 17 heavy (non-hydrogen) atoms. The highest BCUT2D eigenvalue weighted by Gasteiger charge is 2.41. The van der Waals surface area contributed by atoms with E-state index < -0.39 is 5.54 Å². The van der Waals surface area contributed by atoms with Crippen LogP contribution in [0.2, 0.25) is 0 Å². The zero-order valence-corrected chi connectivity index (χ0v) is 10.2. The van der Waals surface area contributed by atoms with E-state index in [2.05, 4.69) is 0 Å². The first-order valence-corrected chi connectivity index (χ1v) is 5.21. The predicted molar refractivity (Wildman–Crippen MR) is 64.6 cm³/mol. The lowest BCUT2D eigenvalue weighted by atomic mass is 9.84. The Labute approximate surface area is 100 Å². The Morgan fingerprint density at radius 3 is 2.71 bits per heavy atom. The highest BCUT2D eigenvalue weighted by atomic mass is 16.6. The van der Waals surface area contributed by atoms with Crippen LogP contribution in [0.1, 0.15) is 13.3 Å². The van der Waals surface area contributed by atoms with Crippen molar-refractivity contribution in [1.29, 1.82) is 5.26 Å². The maximum Gasteiger partial charge on any atom is 0.266 e. The van der Waals surface area contributed by atoms with Crippen molar-refractivity contribution in [2.45, 2.75) is 18.9 Å². The zero-order chi connectivity index (χ0) is 13.1. The molecular formula is C12H15N3O2. The molecule has 0 N–H and O–H groups in total. The molecule has 0 bridgehead atoms. The van der Waals surface area contributed by atoms with E-state index in [1.165, 1.54) is 12.2 Å². The number of hydrogen-bond acceptors (Lipinski definition) is 4. The summed E-state index contributed by atoms with van der Waals surface area (Å²) in [5.74, 6) is 0. The Morgan fingerprint density at radius 2 is 2.24 bits per heavy atom. The van der Waals surface area contributed by atoms with Crippen LogP contribution >= 0.6 is 0 Å². The summed E-state index contributed by atoms with van der Waals surface area (Å²) in [6, 6.07) is 1.92. The lowest BCUT2D eigenvalue weighted by Gasteiger charge is -2.35. The second-order valence-corrected chi connectivity index (χ2v) is 4.36. The fourth-order valence-electron chi connectivity index (χ4n) is 1.82. The van der Waals surface area contributed by atoms with E-state index >= 15 is 0 Å². The third-order valence-electron chi connectivity index (χ3n) is 3.11. The monoisotopic (exact) mass is 233 g/mol. The van der Waals surface area contributed by atoms with E-state index in [9.17, 15) is 10.1 Å². The third-order valence-corrected chi connectivity index (χ3v) is 3.11. The maximum absolute atomic E-state index is 11.0. The molecule has 0 saturated carbocycles. The van der Waals surface area contributed by atoms with Gasteiger partial charge in [0, 0.05) is 18.6 Å². The van der Waals surface area contributed by atoms with Gasteiger partial charge < -0.3 is 0 Å². The smallest absolute Gasteiger partial charge is 0.266 e. The van der Waals surface area contributed by atoms with Gasteiger partial charge in [-0.1, -0.05) is 6.08 Å². The third kappa shape index (κ3) is 2.60. The molecule has 1 aliphatic carbocycles. The van der Waals surface area contributed by atoms with Crippen LogP contribution in [0.15, 0.2) is 35.6 Å². The van der Waals surface area contributed by atoms with Gasteiger partial charge >= 0.3 is 0 Å². The summed E-state index contributed by atoms with van der Waals surface area (Å²) in [5.41, 5.74) is 0.442. The Balaban J connectivity index is 3.15. The molecule has 1 atom stereocenters. The van der Waals surface area contributed by atoms with Crippen molar-refractivity contribution in [3.8, 4) is 6.07 Å². The van der Waals surface area contributed by atoms with Gasteiger partial charge in [0.2, 0.25) is 0 Å². The van der Waals surface area contributed by atoms with Crippen LogP contribution in [0.5, 0.6) is 0 Å². The van der Waals surface area contributed by atoms with E-state index in [1.807, 2.05) is 32.0 Å². The van der Waals surface area contributed by atoms with Crippen LogP contribution in [0, 0.1) is 21.4 Å². The lowest BCUT2D eigenvalue weighted by Crippen LogP contribution is -2.46. The highest BCUT2D eigenvalue weighted by molar-refractivity contribution is 5.37. The fraction of sp³-hybridized carbons (Fsp3) is 0.417. The van der Waals surface area contributed by atoms with E-state index in [4.69, 9.17) is 5.26 Å². The van der Waals surface area contributed by atoms with E-state index in [0.717, 1.165) is 5.57 Å². The molecule has 1 aliphatic rings. The summed E-state index contributed by atoms with van der Waals surface area (Å²) in [4.78, 5) is 12.5. The normalized spacial score (nSPS) is 24.4. The van der Waals surface area contributed by atoms with Crippen LogP contribution in [0.25, 0.3) is 0 Å². The van der Waals surface area contributed by atoms with Crippen LogP contribution < -0.4 is 0 Å². The number of nitro groups is 1. The van der Waals surface area contributed by atoms with Gasteiger partial charge in [-0.2, -0.15) is 5.26 Å². The molecule has 90 valence electrons. The fourth-order valence-corrected chi connectivity index (χ4v) is 1.82. The van der Waals surface area contributed by atoms with Crippen LogP contribution in [0.4, 0.5) is 0 Å². The van der Waals surface area contributed by atoms with Gasteiger partial charge in [0.15, 0.2) is 0 Å².